The normalized spacial score (nSPS) is 12.4. The summed E-state index contributed by atoms with van der Waals surface area (Å²) >= 11 is 0. The lowest BCUT2D eigenvalue weighted by Crippen LogP contribution is -2.28. The molecule has 0 spiro atoms. The molecule has 0 saturated heterocycles. The Morgan fingerprint density at radius 1 is 0.270 bits per heavy atom. The first-order chi connectivity index (χ1) is 36.7. The Balaban J connectivity index is 0.865. The monoisotopic (exact) mass is 943 g/mol. The molecule has 4 nitrogen and oxygen atoms in total. The zero-order valence-corrected chi connectivity index (χ0v) is 40.2. The van der Waals surface area contributed by atoms with E-state index in [4.69, 9.17) is 19.4 Å². The summed E-state index contributed by atoms with van der Waals surface area (Å²) in [5.41, 5.74) is 20.6. The Morgan fingerprint density at radius 3 is 1.28 bits per heavy atom. The smallest absolute Gasteiger partial charge is 0.164 e. The fraction of sp³-hybridized carbons (Fsp3) is 0.0143. The SMILES string of the molecule is c1ccc(-c2ccc(-c3nc(-c4ccc(-c5ccccc5)cc4)nc(-c4cccc5oc6ccc(-c7ccc(-c8cccc9c8-c8ccccc8C9(c8ccccc8)c8ccccc8)cc7)cc6c45)n3)cc2)cc1. The van der Waals surface area contributed by atoms with Crippen LogP contribution in [0.1, 0.15) is 22.3 Å². The molecule has 2 aromatic heterocycles. The summed E-state index contributed by atoms with van der Waals surface area (Å²) in [6.45, 7) is 0. The molecule has 0 aliphatic heterocycles. The molecule has 74 heavy (non-hydrogen) atoms. The molecule has 0 N–H and O–H groups in total. The Labute approximate surface area is 429 Å². The molecule has 0 amide bonds. The number of benzene rings is 11. The van der Waals surface area contributed by atoms with Crippen LogP contribution < -0.4 is 0 Å². The highest BCUT2D eigenvalue weighted by molar-refractivity contribution is 6.13. The first-order valence-electron chi connectivity index (χ1n) is 25.2. The molecule has 0 fully saturated rings. The van der Waals surface area contributed by atoms with Crippen LogP contribution in [0.3, 0.4) is 0 Å². The van der Waals surface area contributed by atoms with Crippen molar-refractivity contribution in [3.63, 3.8) is 0 Å². The first-order valence-corrected chi connectivity index (χ1v) is 25.2. The summed E-state index contributed by atoms with van der Waals surface area (Å²) in [5, 5.41) is 1.96. The maximum Gasteiger partial charge on any atom is 0.164 e. The van der Waals surface area contributed by atoms with Crippen LogP contribution in [0.5, 0.6) is 0 Å². The summed E-state index contributed by atoms with van der Waals surface area (Å²) < 4.78 is 6.60. The van der Waals surface area contributed by atoms with Crippen LogP contribution in [-0.2, 0) is 5.41 Å². The van der Waals surface area contributed by atoms with Gasteiger partial charge >= 0.3 is 0 Å². The standard InChI is InChI=1S/C70H45N3O/c1-5-17-46(18-6-1)48-33-39-52(40-34-48)67-71-68(53-41-35-49(36-42-53)47-19-7-2-8-20-47)73-69(72-67)59-27-16-30-64-66(59)60-45-54(43-44-63(60)74-64)50-31-37-51(38-32-50)57-26-15-29-62-65(57)58-25-13-14-28-61(58)70(62,55-21-9-3-10-22-55)56-23-11-4-12-24-56/h1-45H. The number of furan rings is 1. The van der Waals surface area contributed by atoms with Gasteiger partial charge in [-0.05, 0) is 96.1 Å². The van der Waals surface area contributed by atoms with Crippen LogP contribution in [0.15, 0.2) is 277 Å². The largest absolute Gasteiger partial charge is 0.456 e. The van der Waals surface area contributed by atoms with Gasteiger partial charge in [-0.2, -0.15) is 0 Å². The van der Waals surface area contributed by atoms with E-state index < -0.39 is 5.41 Å². The van der Waals surface area contributed by atoms with Gasteiger partial charge in [0.2, 0.25) is 0 Å². The lowest BCUT2D eigenvalue weighted by molar-refractivity contribution is 0.669. The van der Waals surface area contributed by atoms with Crippen LogP contribution >= 0.6 is 0 Å². The highest BCUT2D eigenvalue weighted by Crippen LogP contribution is 2.58. The van der Waals surface area contributed by atoms with Crippen molar-refractivity contribution in [3.8, 4) is 89.8 Å². The third-order valence-corrected chi connectivity index (χ3v) is 14.9. The molecule has 0 radical (unpaired) electrons. The lowest BCUT2D eigenvalue weighted by atomic mass is 9.67. The van der Waals surface area contributed by atoms with Crippen LogP contribution in [0, 0.1) is 0 Å². The molecular weight excluding hydrogens is 899 g/mol. The maximum absolute atomic E-state index is 6.60. The average molecular weight is 944 g/mol. The van der Waals surface area contributed by atoms with E-state index in [1.165, 1.54) is 44.5 Å². The minimum atomic E-state index is -0.460. The quantitative estimate of drug-likeness (QED) is 0.145. The molecule has 1 aliphatic rings. The number of hydrogen-bond acceptors (Lipinski definition) is 4. The van der Waals surface area contributed by atoms with E-state index in [2.05, 4.69) is 249 Å². The number of fused-ring (bicyclic) bond motifs is 6. The lowest BCUT2D eigenvalue weighted by Gasteiger charge is -2.34. The van der Waals surface area contributed by atoms with E-state index in [-0.39, 0.29) is 0 Å². The van der Waals surface area contributed by atoms with Gasteiger partial charge in [0.1, 0.15) is 11.2 Å². The van der Waals surface area contributed by atoms with Crippen LogP contribution in [0.2, 0.25) is 0 Å². The van der Waals surface area contributed by atoms with Crippen molar-refractivity contribution in [2.45, 2.75) is 5.41 Å². The van der Waals surface area contributed by atoms with E-state index >= 15 is 0 Å². The summed E-state index contributed by atoms with van der Waals surface area (Å²) in [6.07, 6.45) is 0. The second kappa shape index (κ2) is 17.8. The molecule has 2 heterocycles. The van der Waals surface area contributed by atoms with Crippen LogP contribution in [0.4, 0.5) is 0 Å². The fourth-order valence-electron chi connectivity index (χ4n) is 11.4. The van der Waals surface area contributed by atoms with Crippen molar-refractivity contribution in [1.82, 2.24) is 15.0 Å². The predicted molar refractivity (Wildman–Crippen MR) is 302 cm³/mol. The Morgan fingerprint density at radius 2 is 0.689 bits per heavy atom. The molecule has 11 aromatic carbocycles. The molecule has 4 heteroatoms. The minimum absolute atomic E-state index is 0.460. The Bertz CT molecular complexity index is 4050. The van der Waals surface area contributed by atoms with Crippen molar-refractivity contribution >= 4 is 21.9 Å². The number of nitrogens with zero attached hydrogens (tertiary/aromatic N) is 3. The first kappa shape index (κ1) is 43.1. The van der Waals surface area contributed by atoms with Gasteiger partial charge in [-0.1, -0.05) is 255 Å². The third-order valence-electron chi connectivity index (χ3n) is 14.9. The van der Waals surface area contributed by atoms with Crippen molar-refractivity contribution < 1.29 is 4.42 Å². The molecule has 0 bridgehead atoms. The minimum Gasteiger partial charge on any atom is -0.456 e. The van der Waals surface area contributed by atoms with Gasteiger partial charge in [0.25, 0.3) is 0 Å². The number of rotatable bonds is 9. The summed E-state index contributed by atoms with van der Waals surface area (Å²) in [4.78, 5) is 15.6. The molecule has 1 aliphatic carbocycles. The molecule has 13 aromatic rings. The van der Waals surface area contributed by atoms with Gasteiger partial charge in [0, 0.05) is 27.5 Å². The highest BCUT2D eigenvalue weighted by atomic mass is 16.3. The van der Waals surface area contributed by atoms with Gasteiger partial charge in [-0.25, -0.2) is 15.0 Å². The van der Waals surface area contributed by atoms with Gasteiger partial charge in [0.05, 0.1) is 5.41 Å². The van der Waals surface area contributed by atoms with E-state index in [1.54, 1.807) is 0 Å². The predicted octanol–water partition coefficient (Wildman–Crippen LogP) is 17.8. The second-order valence-corrected chi connectivity index (χ2v) is 19.0. The van der Waals surface area contributed by atoms with E-state index in [1.807, 2.05) is 24.3 Å². The molecule has 346 valence electrons. The summed E-state index contributed by atoms with van der Waals surface area (Å²) in [5.74, 6) is 1.77. The van der Waals surface area contributed by atoms with Gasteiger partial charge in [-0.3, -0.25) is 0 Å². The topological polar surface area (TPSA) is 51.8 Å². The molecule has 0 saturated carbocycles. The summed E-state index contributed by atoms with van der Waals surface area (Å²) in [7, 11) is 0. The van der Waals surface area contributed by atoms with Crippen molar-refractivity contribution in [3.05, 3.63) is 295 Å². The van der Waals surface area contributed by atoms with Gasteiger partial charge in [0.15, 0.2) is 17.5 Å². The third kappa shape index (κ3) is 7.18. The molecule has 0 atom stereocenters. The van der Waals surface area contributed by atoms with Gasteiger partial charge < -0.3 is 4.42 Å². The highest BCUT2D eigenvalue weighted by Gasteiger charge is 2.46. The van der Waals surface area contributed by atoms with Crippen molar-refractivity contribution in [2.24, 2.45) is 0 Å². The number of hydrogen-bond donors (Lipinski definition) is 0. The van der Waals surface area contributed by atoms with E-state index in [0.29, 0.717) is 17.5 Å². The van der Waals surface area contributed by atoms with Crippen molar-refractivity contribution in [2.75, 3.05) is 0 Å². The van der Waals surface area contributed by atoms with Crippen LogP contribution in [-0.4, -0.2) is 15.0 Å². The summed E-state index contributed by atoms with van der Waals surface area (Å²) in [6, 6.07) is 97.2. The molecular formula is C70H45N3O. The number of aromatic nitrogens is 3. The Hall–Kier alpha value is -9.77. The van der Waals surface area contributed by atoms with Crippen molar-refractivity contribution in [1.29, 1.82) is 0 Å². The average Bonchev–Trinajstić information content (AvgIpc) is 4.02. The Kier molecular flexibility index (Phi) is 10.4. The zero-order valence-electron chi connectivity index (χ0n) is 40.2. The second-order valence-electron chi connectivity index (χ2n) is 19.0. The fourth-order valence-corrected chi connectivity index (χ4v) is 11.4. The molecule has 14 rings (SSSR count). The van der Waals surface area contributed by atoms with E-state index in [0.717, 1.165) is 72.0 Å². The van der Waals surface area contributed by atoms with E-state index in [9.17, 15) is 0 Å². The maximum atomic E-state index is 6.60. The van der Waals surface area contributed by atoms with Crippen LogP contribution in [0.25, 0.3) is 112 Å². The zero-order chi connectivity index (χ0) is 49.0. The van der Waals surface area contributed by atoms with Gasteiger partial charge in [-0.15, -0.1) is 0 Å². The molecule has 0 unspecified atom stereocenters.